The number of aryl methyl sites for hydroxylation is 1. The molecule has 2 heterocycles. The van der Waals surface area contributed by atoms with Crippen molar-refractivity contribution in [2.45, 2.75) is 59.2 Å². The van der Waals surface area contributed by atoms with Crippen LogP contribution in [0.25, 0.3) is 5.57 Å². The number of hydrogen-bond donors (Lipinski definition) is 1. The van der Waals surface area contributed by atoms with Gasteiger partial charge in [-0.3, -0.25) is 4.79 Å². The number of carbonyl (C=O) groups excluding carboxylic acids is 1. The largest absolute Gasteiger partial charge is 0.586 e. The molecule has 2 aromatic rings. The van der Waals surface area contributed by atoms with E-state index in [4.69, 9.17) is 4.98 Å². The van der Waals surface area contributed by atoms with Gasteiger partial charge in [0.15, 0.2) is 11.5 Å². The van der Waals surface area contributed by atoms with Crippen LogP contribution < -0.4 is 14.8 Å². The summed E-state index contributed by atoms with van der Waals surface area (Å²) in [5, 5.41) is 2.96. The van der Waals surface area contributed by atoms with Gasteiger partial charge in [0.25, 0.3) is 0 Å². The van der Waals surface area contributed by atoms with Crippen LogP contribution in [-0.2, 0) is 10.2 Å². The lowest BCUT2D eigenvalue weighted by Crippen LogP contribution is -2.28. The molecule has 0 spiro atoms. The summed E-state index contributed by atoms with van der Waals surface area (Å²) in [5.74, 6) is 0.119. The first-order valence-electron chi connectivity index (χ1n) is 11.1. The molecule has 178 valence electrons. The molecule has 34 heavy (non-hydrogen) atoms. The third-order valence-electron chi connectivity index (χ3n) is 6.24. The molecule has 1 amide bonds. The number of nitrogens with zero attached hydrogens (tertiary/aromatic N) is 1. The lowest BCUT2D eigenvalue weighted by molar-refractivity contribution is -0.286. The van der Waals surface area contributed by atoms with E-state index in [1.54, 1.807) is 6.07 Å². The highest BCUT2D eigenvalue weighted by atomic mass is 19.3. The summed E-state index contributed by atoms with van der Waals surface area (Å²) in [7, 11) is 0. The number of hydrogen-bond acceptors (Lipinski definition) is 4. The summed E-state index contributed by atoms with van der Waals surface area (Å²) < 4.78 is 35.9. The van der Waals surface area contributed by atoms with Crippen molar-refractivity contribution in [2.75, 3.05) is 5.32 Å². The third kappa shape index (κ3) is 4.47. The Morgan fingerprint density at radius 3 is 2.38 bits per heavy atom. The number of halogens is 2. The Kier molecular flexibility index (Phi) is 5.84. The average Bonchev–Trinajstić information content (AvgIpc) is 3.48. The second-order valence-corrected chi connectivity index (χ2v) is 9.26. The summed E-state index contributed by atoms with van der Waals surface area (Å²) in [6.07, 6.45) is 1.44. The van der Waals surface area contributed by atoms with Gasteiger partial charge >= 0.3 is 6.29 Å². The van der Waals surface area contributed by atoms with Crippen LogP contribution in [0.2, 0.25) is 0 Å². The molecule has 1 aliphatic heterocycles. The number of allylic oxidation sites excluding steroid dienone is 5. The zero-order valence-corrected chi connectivity index (χ0v) is 20.0. The Hall–Kier alpha value is -3.48. The molecule has 1 fully saturated rings. The number of aromatic nitrogens is 1. The van der Waals surface area contributed by atoms with Gasteiger partial charge in [0.1, 0.15) is 5.82 Å². The van der Waals surface area contributed by atoms with Crippen molar-refractivity contribution in [2.24, 2.45) is 0 Å². The second kappa shape index (κ2) is 8.38. The van der Waals surface area contributed by atoms with Crippen LogP contribution in [0, 0.1) is 13.8 Å². The van der Waals surface area contributed by atoms with Crippen LogP contribution in [0.15, 0.2) is 54.1 Å². The molecule has 5 nitrogen and oxygen atoms in total. The zero-order chi connectivity index (χ0) is 24.8. The van der Waals surface area contributed by atoms with Crippen LogP contribution in [0.5, 0.6) is 11.5 Å². The van der Waals surface area contributed by atoms with Crippen molar-refractivity contribution in [1.29, 1.82) is 0 Å². The molecule has 1 aromatic carbocycles. The van der Waals surface area contributed by atoms with Gasteiger partial charge in [0, 0.05) is 0 Å². The van der Waals surface area contributed by atoms with Gasteiger partial charge in [-0.1, -0.05) is 35.9 Å². The van der Waals surface area contributed by atoms with Crippen LogP contribution in [-0.4, -0.2) is 17.2 Å². The Labute approximate surface area is 198 Å². The first-order chi connectivity index (χ1) is 15.9. The Morgan fingerprint density at radius 2 is 1.76 bits per heavy atom. The maximum absolute atomic E-state index is 13.4. The summed E-state index contributed by atoms with van der Waals surface area (Å²) >= 11 is 0. The van der Waals surface area contributed by atoms with Crippen LogP contribution in [0.1, 0.15) is 56.0 Å². The van der Waals surface area contributed by atoms with Gasteiger partial charge in [-0.15, -0.1) is 8.78 Å². The fraction of sp³-hybridized carbons (Fsp3) is 0.333. The van der Waals surface area contributed by atoms with E-state index in [2.05, 4.69) is 21.4 Å². The number of alkyl halides is 2. The molecule has 2 aliphatic rings. The summed E-state index contributed by atoms with van der Waals surface area (Å²) in [6.45, 7) is 13.9. The predicted molar refractivity (Wildman–Crippen MR) is 128 cm³/mol. The monoisotopic (exact) mass is 466 g/mol. The molecule has 0 atom stereocenters. The van der Waals surface area contributed by atoms with E-state index < -0.39 is 11.7 Å². The van der Waals surface area contributed by atoms with Crippen molar-refractivity contribution < 1.29 is 23.0 Å². The number of nitrogens with one attached hydrogen (secondary N) is 1. The second-order valence-electron chi connectivity index (χ2n) is 9.26. The molecule has 0 radical (unpaired) electrons. The summed E-state index contributed by atoms with van der Waals surface area (Å²) in [5.41, 5.74) is 5.61. The van der Waals surface area contributed by atoms with Crippen molar-refractivity contribution in [3.8, 4) is 11.5 Å². The quantitative estimate of drug-likeness (QED) is 0.486. The third-order valence-corrected chi connectivity index (χ3v) is 6.24. The van der Waals surface area contributed by atoms with Crippen molar-refractivity contribution in [1.82, 2.24) is 4.98 Å². The predicted octanol–water partition coefficient (Wildman–Crippen LogP) is 6.62. The highest BCUT2D eigenvalue weighted by molar-refractivity contribution is 6.01. The summed E-state index contributed by atoms with van der Waals surface area (Å²) in [4.78, 5) is 18.1. The Morgan fingerprint density at radius 1 is 1.09 bits per heavy atom. The fourth-order valence-corrected chi connectivity index (χ4v) is 4.03. The van der Waals surface area contributed by atoms with Gasteiger partial charge in [-0.2, -0.15) is 0 Å². The molecule has 0 saturated heterocycles. The number of anilines is 1. The minimum absolute atomic E-state index is 0.0394. The minimum atomic E-state index is -3.69. The van der Waals surface area contributed by atoms with Gasteiger partial charge in [-0.05, 0) is 87.9 Å². The number of ether oxygens (including phenoxy) is 2. The standard InChI is InChI=1S/C27H28F2N2O3/c1-15(2)7-9-20(16(3)4)24-18(6)17(5)13-23(30-24)31-25(32)26(11-12-26)19-8-10-21-22(14-19)34-27(28,29)33-21/h7-10,13-14H,1,11-12H2,2-6H3,(H,30,31,32)/b9-7-. The van der Waals surface area contributed by atoms with Gasteiger partial charge < -0.3 is 14.8 Å². The highest BCUT2D eigenvalue weighted by Crippen LogP contribution is 2.52. The van der Waals surface area contributed by atoms with E-state index in [1.807, 2.05) is 52.8 Å². The van der Waals surface area contributed by atoms with E-state index in [1.165, 1.54) is 12.1 Å². The average molecular weight is 467 g/mol. The Bertz CT molecular complexity index is 1250. The molecule has 4 rings (SSSR count). The van der Waals surface area contributed by atoms with Crippen LogP contribution in [0.3, 0.4) is 0 Å². The lowest BCUT2D eigenvalue weighted by Gasteiger charge is -2.18. The SMILES string of the molecule is C=C(C)/C=C\C(=C(C)C)c1nc(NC(=O)C2(c3ccc4c(c3)OC(F)(F)O4)CC2)cc(C)c1C. The van der Waals surface area contributed by atoms with Crippen LogP contribution >= 0.6 is 0 Å². The molecule has 7 heteroatoms. The number of rotatable bonds is 6. The van der Waals surface area contributed by atoms with Gasteiger partial charge in [0.2, 0.25) is 5.91 Å². The molecule has 1 aliphatic carbocycles. The smallest absolute Gasteiger partial charge is 0.395 e. The van der Waals surface area contributed by atoms with E-state index in [9.17, 15) is 13.6 Å². The fourth-order valence-electron chi connectivity index (χ4n) is 4.03. The normalized spacial score (nSPS) is 16.9. The topological polar surface area (TPSA) is 60.5 Å². The zero-order valence-electron chi connectivity index (χ0n) is 20.0. The first-order valence-corrected chi connectivity index (χ1v) is 11.1. The minimum Gasteiger partial charge on any atom is -0.395 e. The molecule has 1 aromatic heterocycles. The number of benzene rings is 1. The lowest BCUT2D eigenvalue weighted by atomic mass is 9.94. The maximum Gasteiger partial charge on any atom is 0.586 e. The molecule has 1 N–H and O–H groups in total. The Balaban J connectivity index is 1.63. The highest BCUT2D eigenvalue weighted by Gasteiger charge is 2.53. The number of fused-ring (bicyclic) bond motifs is 1. The van der Waals surface area contributed by atoms with E-state index in [0.29, 0.717) is 24.2 Å². The van der Waals surface area contributed by atoms with E-state index >= 15 is 0 Å². The van der Waals surface area contributed by atoms with Crippen LogP contribution in [0.4, 0.5) is 14.6 Å². The van der Waals surface area contributed by atoms with Gasteiger partial charge in [0.05, 0.1) is 11.1 Å². The number of pyridine rings is 1. The van der Waals surface area contributed by atoms with Gasteiger partial charge in [-0.25, -0.2) is 4.98 Å². The number of carbonyl (C=O) groups is 1. The van der Waals surface area contributed by atoms with E-state index in [-0.39, 0.29) is 17.4 Å². The van der Waals surface area contributed by atoms with Crippen molar-refractivity contribution >= 4 is 17.3 Å². The van der Waals surface area contributed by atoms with Crippen molar-refractivity contribution in [3.05, 3.63) is 76.5 Å². The van der Waals surface area contributed by atoms with E-state index in [0.717, 1.165) is 33.5 Å². The summed E-state index contributed by atoms with van der Waals surface area (Å²) in [6, 6.07) is 6.36. The molecule has 0 unspecified atom stereocenters. The molecular weight excluding hydrogens is 438 g/mol. The first kappa shape index (κ1) is 23.7. The molecule has 1 saturated carbocycles. The maximum atomic E-state index is 13.4. The molecular formula is C27H28F2N2O3. The number of amides is 1. The molecule has 0 bridgehead atoms. The van der Waals surface area contributed by atoms with Crippen molar-refractivity contribution in [3.63, 3.8) is 0 Å².